The van der Waals surface area contributed by atoms with Gasteiger partial charge in [-0.1, -0.05) is 39.5 Å². The summed E-state index contributed by atoms with van der Waals surface area (Å²) in [5.41, 5.74) is 2.84. The van der Waals surface area contributed by atoms with Crippen LogP contribution in [0.15, 0.2) is 24.5 Å². The Labute approximate surface area is 117 Å². The monoisotopic (exact) mass is 318 g/mol. The first-order chi connectivity index (χ1) is 7.88. The van der Waals surface area contributed by atoms with Crippen molar-refractivity contribution in [2.45, 2.75) is 39.5 Å². The van der Waals surface area contributed by atoms with Crippen molar-refractivity contribution < 1.29 is 19.5 Å². The van der Waals surface area contributed by atoms with Crippen LogP contribution < -0.4 is 0 Å². The van der Waals surface area contributed by atoms with Crippen LogP contribution in [0.4, 0.5) is 0 Å². The van der Waals surface area contributed by atoms with Crippen molar-refractivity contribution in [3.63, 3.8) is 0 Å². The number of hydrogen-bond acceptors (Lipinski definition) is 0. The quantitative estimate of drug-likeness (QED) is 0.639. The van der Waals surface area contributed by atoms with Gasteiger partial charge in [0.15, 0.2) is 0 Å². The fourth-order valence-corrected chi connectivity index (χ4v) is 1.58. The Balaban J connectivity index is 0.000000360. The fourth-order valence-electron chi connectivity index (χ4n) is 1.58. The van der Waals surface area contributed by atoms with Crippen molar-refractivity contribution >= 4 is 0 Å². The van der Waals surface area contributed by atoms with Gasteiger partial charge in [-0.05, 0) is 0 Å². The maximum absolute atomic E-state index is 3.17. The van der Waals surface area contributed by atoms with Crippen LogP contribution in [0, 0.1) is 12.4 Å². The average molecular weight is 317 g/mol. The Bertz CT molecular complexity index is 314. The molecule has 0 unspecified atom stereocenters. The van der Waals surface area contributed by atoms with Crippen molar-refractivity contribution in [3.05, 3.63) is 48.0 Å². The van der Waals surface area contributed by atoms with Gasteiger partial charge in [0.25, 0.3) is 0 Å². The minimum absolute atomic E-state index is 0. The molecule has 2 heterocycles. The molecular formula is C14H20N2Ru. The molecule has 0 saturated heterocycles. The fraction of sp³-hybridized carbons (Fsp3) is 0.429. The van der Waals surface area contributed by atoms with Gasteiger partial charge in [0, 0.05) is 0 Å². The Morgan fingerprint density at radius 3 is 2.35 bits per heavy atom. The van der Waals surface area contributed by atoms with E-state index in [9.17, 15) is 0 Å². The largest absolute Gasteiger partial charge is 2.00 e. The summed E-state index contributed by atoms with van der Waals surface area (Å²) in [7, 11) is 0. The molecule has 2 aromatic heterocycles. The SMILES string of the molecule is CCCc1[c-][nH]cc1CCC.[Ru+2].[c-]1ccc[nH]1. The predicted octanol–water partition coefficient (Wildman–Crippen LogP) is 3.53. The Morgan fingerprint density at radius 2 is 1.88 bits per heavy atom. The van der Waals surface area contributed by atoms with Crippen molar-refractivity contribution in [1.82, 2.24) is 9.97 Å². The van der Waals surface area contributed by atoms with Crippen molar-refractivity contribution in [2.24, 2.45) is 0 Å². The molecule has 0 aromatic carbocycles. The summed E-state index contributed by atoms with van der Waals surface area (Å²) < 4.78 is 0. The zero-order valence-corrected chi connectivity index (χ0v) is 12.2. The minimum atomic E-state index is 0. The summed E-state index contributed by atoms with van der Waals surface area (Å²) in [6.07, 6.45) is 14.6. The molecule has 2 aromatic rings. The number of H-pyrrole nitrogens is 2. The van der Waals surface area contributed by atoms with Gasteiger partial charge in [-0.3, -0.25) is 0 Å². The van der Waals surface area contributed by atoms with E-state index in [4.69, 9.17) is 0 Å². The molecule has 0 saturated carbocycles. The zero-order chi connectivity index (χ0) is 11.6. The maximum Gasteiger partial charge on any atom is 2.00 e. The van der Waals surface area contributed by atoms with E-state index in [-0.39, 0.29) is 19.5 Å². The summed E-state index contributed by atoms with van der Waals surface area (Å²) in [6, 6.07) is 3.71. The second kappa shape index (κ2) is 10.3. The Hall–Kier alpha value is -0.817. The molecule has 17 heavy (non-hydrogen) atoms. The van der Waals surface area contributed by atoms with Crippen LogP contribution in [-0.2, 0) is 32.3 Å². The molecule has 0 bridgehead atoms. The third kappa shape index (κ3) is 6.48. The molecule has 2 N–H and O–H groups in total. The molecule has 0 aliphatic heterocycles. The summed E-state index contributed by atoms with van der Waals surface area (Å²) >= 11 is 0. The summed E-state index contributed by atoms with van der Waals surface area (Å²) in [5.74, 6) is 0. The number of nitrogens with one attached hydrogen (secondary N) is 2. The normalized spacial score (nSPS) is 9.06. The number of aromatic amines is 2. The van der Waals surface area contributed by atoms with Gasteiger partial charge < -0.3 is 9.97 Å². The second-order valence-corrected chi connectivity index (χ2v) is 3.73. The second-order valence-electron chi connectivity index (χ2n) is 3.73. The van der Waals surface area contributed by atoms with Crippen LogP contribution in [-0.4, -0.2) is 9.97 Å². The number of aryl methyl sites for hydroxylation is 2. The summed E-state index contributed by atoms with van der Waals surface area (Å²) in [4.78, 5) is 5.78. The van der Waals surface area contributed by atoms with Crippen LogP contribution >= 0.6 is 0 Å². The van der Waals surface area contributed by atoms with Gasteiger partial charge in [0.2, 0.25) is 0 Å². The van der Waals surface area contributed by atoms with Crippen LogP contribution in [0.2, 0.25) is 0 Å². The summed E-state index contributed by atoms with van der Waals surface area (Å²) in [6.45, 7) is 4.42. The van der Waals surface area contributed by atoms with Crippen LogP contribution in [0.1, 0.15) is 37.8 Å². The van der Waals surface area contributed by atoms with E-state index in [1.807, 2.05) is 18.3 Å². The molecule has 94 valence electrons. The smallest absolute Gasteiger partial charge is 0.484 e. The number of rotatable bonds is 4. The molecule has 0 aliphatic rings. The van der Waals surface area contributed by atoms with E-state index in [0.29, 0.717) is 0 Å². The van der Waals surface area contributed by atoms with Gasteiger partial charge in [-0.2, -0.15) is 29.5 Å². The van der Waals surface area contributed by atoms with Gasteiger partial charge in [-0.25, -0.2) is 0 Å². The molecule has 0 aliphatic carbocycles. The molecule has 0 fully saturated rings. The Morgan fingerprint density at radius 1 is 1.12 bits per heavy atom. The third-order valence-corrected chi connectivity index (χ3v) is 2.32. The Kier molecular flexibility index (Phi) is 9.85. The molecule has 0 radical (unpaired) electrons. The van der Waals surface area contributed by atoms with Crippen LogP contribution in [0.25, 0.3) is 0 Å². The third-order valence-electron chi connectivity index (χ3n) is 2.32. The van der Waals surface area contributed by atoms with Gasteiger partial charge in [-0.15, -0.1) is 18.6 Å². The molecule has 0 spiro atoms. The maximum atomic E-state index is 3.17. The molecule has 0 atom stereocenters. The standard InChI is InChI=1S/C10H16N.C4H4N.Ru/c1-3-5-9-7-11-8-10(9)6-4-2;1-2-4-5-3-1;/h7,11H,3-6H2,1-2H3;1-3,5H;/q2*-1;+2. The molecular weight excluding hydrogens is 297 g/mol. The van der Waals surface area contributed by atoms with Gasteiger partial charge in [0.05, 0.1) is 0 Å². The van der Waals surface area contributed by atoms with Crippen LogP contribution in [0.5, 0.6) is 0 Å². The van der Waals surface area contributed by atoms with E-state index in [0.717, 1.165) is 0 Å². The van der Waals surface area contributed by atoms with E-state index >= 15 is 0 Å². The average Bonchev–Trinajstić information content (AvgIpc) is 2.93. The minimum Gasteiger partial charge on any atom is -0.484 e. The molecule has 2 rings (SSSR count). The van der Waals surface area contributed by atoms with Crippen molar-refractivity contribution in [1.29, 1.82) is 0 Å². The summed E-state index contributed by atoms with van der Waals surface area (Å²) in [5, 5.41) is 0. The van der Waals surface area contributed by atoms with E-state index in [1.165, 1.54) is 36.8 Å². The van der Waals surface area contributed by atoms with E-state index in [2.05, 4.69) is 42.4 Å². The number of hydrogen-bond donors (Lipinski definition) is 2. The number of aromatic nitrogens is 2. The van der Waals surface area contributed by atoms with E-state index < -0.39 is 0 Å². The first-order valence-electron chi connectivity index (χ1n) is 5.94. The predicted molar refractivity (Wildman–Crippen MR) is 67.2 cm³/mol. The van der Waals surface area contributed by atoms with E-state index in [1.54, 1.807) is 0 Å². The first-order valence-corrected chi connectivity index (χ1v) is 5.94. The molecule has 2 nitrogen and oxygen atoms in total. The zero-order valence-electron chi connectivity index (χ0n) is 10.5. The van der Waals surface area contributed by atoms with Crippen LogP contribution in [0.3, 0.4) is 0 Å². The molecule has 3 heteroatoms. The van der Waals surface area contributed by atoms with Gasteiger partial charge in [0.1, 0.15) is 0 Å². The van der Waals surface area contributed by atoms with Crippen molar-refractivity contribution in [2.75, 3.05) is 0 Å². The topological polar surface area (TPSA) is 31.6 Å². The first kappa shape index (κ1) is 16.2. The molecule has 0 amide bonds. The van der Waals surface area contributed by atoms with Crippen molar-refractivity contribution in [3.8, 4) is 0 Å². The van der Waals surface area contributed by atoms with Gasteiger partial charge >= 0.3 is 19.5 Å².